The molecular formula is C35H37N7O6. The molecule has 13 heteroatoms. The molecule has 2 aliphatic heterocycles. The summed E-state index contributed by atoms with van der Waals surface area (Å²) < 4.78 is 0. The number of nitrogens with one attached hydrogen (secondary N) is 4. The number of para-hydroxylation sites is 1. The predicted molar refractivity (Wildman–Crippen MR) is 175 cm³/mol. The average molecular weight is 652 g/mol. The van der Waals surface area contributed by atoms with E-state index in [9.17, 15) is 29.1 Å². The highest BCUT2D eigenvalue weighted by Gasteiger charge is 2.43. The fourth-order valence-electron chi connectivity index (χ4n) is 6.31. The van der Waals surface area contributed by atoms with Gasteiger partial charge in [0, 0.05) is 62.2 Å². The number of aromatic amines is 1. The summed E-state index contributed by atoms with van der Waals surface area (Å²) in [4.78, 5) is 78.6. The monoisotopic (exact) mass is 651 g/mol. The molecule has 0 bridgehead atoms. The third-order valence-electron chi connectivity index (χ3n) is 8.70. The quantitative estimate of drug-likeness (QED) is 0.209. The van der Waals surface area contributed by atoms with Crippen molar-refractivity contribution >= 4 is 40.4 Å². The van der Waals surface area contributed by atoms with Gasteiger partial charge in [0.25, 0.3) is 5.91 Å². The molecule has 5 amide bonds. The summed E-state index contributed by atoms with van der Waals surface area (Å²) in [7, 11) is 0. The minimum atomic E-state index is -1.13. The van der Waals surface area contributed by atoms with Crippen molar-refractivity contribution in [2.45, 2.75) is 43.5 Å². The summed E-state index contributed by atoms with van der Waals surface area (Å²) in [5.41, 5.74) is 2.54. The van der Waals surface area contributed by atoms with Crippen molar-refractivity contribution in [3.63, 3.8) is 0 Å². The summed E-state index contributed by atoms with van der Waals surface area (Å²) in [6.45, 7) is -0.600. The SMILES string of the molecule is O=C1CN(C(=O)c2ccccn2)CCNC(=O)[C@H](Cc2ccccc2)NC(=O)[C@@H]2C[C@@H](O)CN2C(=O)[C@@H](Cc2c[nH]c3ccccc23)N1. The van der Waals surface area contributed by atoms with Gasteiger partial charge in [-0.1, -0.05) is 54.6 Å². The van der Waals surface area contributed by atoms with Crippen LogP contribution in [-0.2, 0) is 32.0 Å². The maximum Gasteiger partial charge on any atom is 0.272 e. The van der Waals surface area contributed by atoms with Gasteiger partial charge in [-0.2, -0.15) is 0 Å². The fraction of sp³-hybridized carbons (Fsp3) is 0.314. The number of pyridine rings is 1. The Morgan fingerprint density at radius 1 is 0.875 bits per heavy atom. The van der Waals surface area contributed by atoms with Gasteiger partial charge in [-0.3, -0.25) is 29.0 Å². The van der Waals surface area contributed by atoms with E-state index in [0.717, 1.165) is 22.0 Å². The van der Waals surface area contributed by atoms with Crippen LogP contribution in [0.25, 0.3) is 10.9 Å². The Hall–Kier alpha value is -5.56. The maximum absolute atomic E-state index is 14.3. The topological polar surface area (TPSA) is 177 Å². The molecule has 13 nitrogen and oxygen atoms in total. The van der Waals surface area contributed by atoms with Crippen LogP contribution >= 0.6 is 0 Å². The largest absolute Gasteiger partial charge is 0.391 e. The van der Waals surface area contributed by atoms with Gasteiger partial charge in [0.1, 0.15) is 23.8 Å². The van der Waals surface area contributed by atoms with Gasteiger partial charge in [0.15, 0.2) is 0 Å². The van der Waals surface area contributed by atoms with E-state index in [-0.39, 0.29) is 44.6 Å². The second-order valence-corrected chi connectivity index (χ2v) is 12.1. The van der Waals surface area contributed by atoms with E-state index in [1.54, 1.807) is 18.3 Å². The van der Waals surface area contributed by atoms with Crippen LogP contribution in [0.3, 0.4) is 0 Å². The molecule has 0 aliphatic carbocycles. The lowest BCUT2D eigenvalue weighted by Crippen LogP contribution is -2.57. The molecule has 2 aromatic heterocycles. The normalized spacial score (nSPS) is 22.7. The smallest absolute Gasteiger partial charge is 0.272 e. The van der Waals surface area contributed by atoms with E-state index in [4.69, 9.17) is 0 Å². The Morgan fingerprint density at radius 2 is 1.65 bits per heavy atom. The van der Waals surface area contributed by atoms with Crippen LogP contribution in [0.4, 0.5) is 0 Å². The highest BCUT2D eigenvalue weighted by atomic mass is 16.3. The number of rotatable bonds is 5. The van der Waals surface area contributed by atoms with E-state index >= 15 is 0 Å². The highest BCUT2D eigenvalue weighted by molar-refractivity contribution is 5.98. The number of aromatic nitrogens is 2. The standard InChI is InChI=1S/C35H37N7O6/c43-24-18-30-33(46)40-28(16-22-8-2-1-3-9-22)32(45)37-14-15-41(34(47)27-12-6-7-13-36-27)21-31(44)39-29(35(48)42(30)20-24)17-23-19-38-26-11-5-4-10-25(23)26/h1-13,19,24,28-30,38,43H,14-18,20-21H2,(H,37,45)(H,39,44)(H,40,46)/t24-,28+,29-,30+/m1/s1. The van der Waals surface area contributed by atoms with Gasteiger partial charge >= 0.3 is 0 Å². The minimum absolute atomic E-state index is 0.0161. The summed E-state index contributed by atoms with van der Waals surface area (Å²) in [5, 5.41) is 19.9. The van der Waals surface area contributed by atoms with Crippen molar-refractivity contribution in [1.29, 1.82) is 0 Å². The summed E-state index contributed by atoms with van der Waals surface area (Å²) >= 11 is 0. The predicted octanol–water partition coefficient (Wildman–Crippen LogP) is 0.552. The molecule has 2 fully saturated rings. The van der Waals surface area contributed by atoms with E-state index in [2.05, 4.69) is 25.9 Å². The summed E-state index contributed by atoms with van der Waals surface area (Å²) in [6, 6.07) is 18.4. The highest BCUT2D eigenvalue weighted by Crippen LogP contribution is 2.24. The Labute approximate surface area is 276 Å². The molecular weight excluding hydrogens is 614 g/mol. The second-order valence-electron chi connectivity index (χ2n) is 12.1. The van der Waals surface area contributed by atoms with Gasteiger partial charge in [-0.15, -0.1) is 0 Å². The van der Waals surface area contributed by atoms with Crippen LogP contribution in [0.2, 0.25) is 0 Å². The van der Waals surface area contributed by atoms with E-state index < -0.39 is 60.3 Å². The molecule has 0 spiro atoms. The number of fused-ring (bicyclic) bond motifs is 2. The molecule has 2 aromatic carbocycles. The van der Waals surface area contributed by atoms with Gasteiger partial charge in [-0.25, -0.2) is 0 Å². The number of carbonyl (C=O) groups is 5. The first-order valence-corrected chi connectivity index (χ1v) is 15.9. The molecule has 48 heavy (non-hydrogen) atoms. The number of carbonyl (C=O) groups excluding carboxylic acids is 5. The molecule has 2 saturated heterocycles. The van der Waals surface area contributed by atoms with Crippen LogP contribution in [-0.4, -0.2) is 105 Å². The van der Waals surface area contributed by atoms with Crippen molar-refractivity contribution < 1.29 is 29.1 Å². The minimum Gasteiger partial charge on any atom is -0.391 e. The molecule has 5 N–H and O–H groups in total. The van der Waals surface area contributed by atoms with Gasteiger partial charge in [-0.05, 0) is 29.3 Å². The molecule has 4 atom stereocenters. The van der Waals surface area contributed by atoms with Crippen LogP contribution in [0.5, 0.6) is 0 Å². The fourth-order valence-corrected chi connectivity index (χ4v) is 6.31. The van der Waals surface area contributed by atoms with Crippen molar-refractivity contribution in [2.24, 2.45) is 0 Å². The molecule has 0 unspecified atom stereocenters. The lowest BCUT2D eigenvalue weighted by molar-refractivity contribution is -0.142. The molecule has 0 saturated carbocycles. The Morgan fingerprint density at radius 3 is 2.44 bits per heavy atom. The number of nitrogens with zero attached hydrogens (tertiary/aromatic N) is 3. The number of hydrogen-bond donors (Lipinski definition) is 5. The average Bonchev–Trinajstić information content (AvgIpc) is 3.70. The molecule has 2 aliphatic rings. The number of hydrogen-bond acceptors (Lipinski definition) is 7. The lowest BCUT2D eigenvalue weighted by atomic mass is 10.0. The van der Waals surface area contributed by atoms with Crippen LogP contribution in [0.15, 0.2) is 85.2 Å². The molecule has 6 rings (SSSR count). The zero-order valence-corrected chi connectivity index (χ0v) is 26.2. The second kappa shape index (κ2) is 14.5. The summed E-state index contributed by atoms with van der Waals surface area (Å²) in [5.74, 6) is -2.78. The van der Waals surface area contributed by atoms with Crippen molar-refractivity contribution in [3.05, 3.63) is 102 Å². The van der Waals surface area contributed by atoms with Crippen LogP contribution < -0.4 is 16.0 Å². The van der Waals surface area contributed by atoms with E-state index in [1.807, 2.05) is 54.6 Å². The first-order valence-electron chi connectivity index (χ1n) is 15.9. The van der Waals surface area contributed by atoms with Crippen LogP contribution in [0, 0.1) is 0 Å². The third kappa shape index (κ3) is 7.36. The van der Waals surface area contributed by atoms with E-state index in [0.29, 0.717) is 0 Å². The number of aliphatic hydroxyl groups excluding tert-OH is 1. The number of aliphatic hydroxyl groups is 1. The Kier molecular flexibility index (Phi) is 9.76. The molecule has 4 aromatic rings. The first-order chi connectivity index (χ1) is 23.3. The van der Waals surface area contributed by atoms with E-state index in [1.165, 1.54) is 22.1 Å². The van der Waals surface area contributed by atoms with Crippen molar-refractivity contribution in [1.82, 2.24) is 35.7 Å². The van der Waals surface area contributed by atoms with Crippen molar-refractivity contribution in [3.8, 4) is 0 Å². The Balaban J connectivity index is 1.34. The van der Waals surface area contributed by atoms with Gasteiger partial charge < -0.3 is 35.8 Å². The molecule has 4 heterocycles. The number of benzene rings is 2. The van der Waals surface area contributed by atoms with Crippen LogP contribution in [0.1, 0.15) is 28.0 Å². The number of amides is 5. The van der Waals surface area contributed by atoms with Crippen molar-refractivity contribution in [2.75, 3.05) is 26.2 Å². The third-order valence-corrected chi connectivity index (χ3v) is 8.70. The van der Waals surface area contributed by atoms with Gasteiger partial charge in [0.2, 0.25) is 23.6 Å². The number of H-pyrrole nitrogens is 1. The lowest BCUT2D eigenvalue weighted by Gasteiger charge is -2.30. The van der Waals surface area contributed by atoms with Gasteiger partial charge in [0.05, 0.1) is 12.6 Å². The summed E-state index contributed by atoms with van der Waals surface area (Å²) in [6.07, 6.45) is 2.47. The molecule has 0 radical (unpaired) electrons. The maximum atomic E-state index is 14.3. The zero-order chi connectivity index (χ0) is 33.6. The molecule has 248 valence electrons. The zero-order valence-electron chi connectivity index (χ0n) is 26.2. The Bertz CT molecular complexity index is 1800. The first kappa shape index (κ1) is 32.4.